The fourth-order valence-electron chi connectivity index (χ4n) is 2.43. The minimum atomic E-state index is -0.543. The van der Waals surface area contributed by atoms with Crippen LogP contribution >= 0.6 is 0 Å². The third kappa shape index (κ3) is 5.69. The lowest BCUT2D eigenvalue weighted by Crippen LogP contribution is -2.43. The van der Waals surface area contributed by atoms with E-state index in [0.29, 0.717) is 12.2 Å². The number of rotatable bonds is 5. The Morgan fingerprint density at radius 3 is 2.95 bits per heavy atom. The second-order valence-corrected chi connectivity index (χ2v) is 5.71. The van der Waals surface area contributed by atoms with E-state index in [0.717, 1.165) is 19.0 Å². The van der Waals surface area contributed by atoms with Gasteiger partial charge in [-0.3, -0.25) is 4.98 Å². The predicted molar refractivity (Wildman–Crippen MR) is 82.1 cm³/mol. The summed E-state index contributed by atoms with van der Waals surface area (Å²) in [5.41, 5.74) is 0.634. The van der Waals surface area contributed by atoms with Gasteiger partial charge in [0.2, 0.25) is 0 Å². The minimum Gasteiger partial charge on any atom is -0.390 e. The number of aliphatic hydroxyl groups is 1. The van der Waals surface area contributed by atoms with Crippen molar-refractivity contribution in [3.63, 3.8) is 0 Å². The molecule has 2 heterocycles. The van der Waals surface area contributed by atoms with Crippen LogP contribution in [0.25, 0.3) is 0 Å². The van der Waals surface area contributed by atoms with Crippen LogP contribution in [0.4, 0.5) is 10.5 Å². The molecule has 1 aromatic heterocycles. The van der Waals surface area contributed by atoms with Gasteiger partial charge in [-0.1, -0.05) is 6.92 Å². The number of aromatic nitrogens is 1. The normalized spacial score (nSPS) is 18.2. The van der Waals surface area contributed by atoms with Gasteiger partial charge in [0.15, 0.2) is 0 Å². The number of carbonyl (C=O) groups is 1. The van der Waals surface area contributed by atoms with E-state index in [1.165, 1.54) is 12.8 Å². The summed E-state index contributed by atoms with van der Waals surface area (Å²) < 4.78 is 0. The molecule has 3 N–H and O–H groups in total. The van der Waals surface area contributed by atoms with Gasteiger partial charge < -0.3 is 20.6 Å². The number of anilines is 1. The lowest BCUT2D eigenvalue weighted by Gasteiger charge is -2.31. The molecule has 0 unspecified atom stereocenters. The maximum Gasteiger partial charge on any atom is 0.319 e. The van der Waals surface area contributed by atoms with Crippen LogP contribution in [-0.4, -0.2) is 53.3 Å². The van der Waals surface area contributed by atoms with Gasteiger partial charge in [0.1, 0.15) is 0 Å². The average molecular weight is 292 g/mol. The SMILES string of the molecule is CC1CCN(C[C@@H](O)CNC(=O)Nc2cccnc2)CC1. The Morgan fingerprint density at radius 2 is 2.29 bits per heavy atom. The Bertz CT molecular complexity index is 433. The molecular weight excluding hydrogens is 268 g/mol. The molecule has 0 bridgehead atoms. The maximum absolute atomic E-state index is 11.7. The lowest BCUT2D eigenvalue weighted by molar-refractivity contribution is 0.0924. The molecule has 0 saturated carbocycles. The first-order valence-electron chi connectivity index (χ1n) is 7.49. The second kappa shape index (κ2) is 7.95. The van der Waals surface area contributed by atoms with Crippen LogP contribution in [0.2, 0.25) is 0 Å². The highest BCUT2D eigenvalue weighted by molar-refractivity contribution is 5.88. The predicted octanol–water partition coefficient (Wildman–Crippen LogP) is 1.30. The van der Waals surface area contributed by atoms with Gasteiger partial charge in [-0.15, -0.1) is 0 Å². The molecule has 116 valence electrons. The number of pyridine rings is 1. The molecule has 1 atom stereocenters. The fraction of sp³-hybridized carbons (Fsp3) is 0.600. The number of urea groups is 1. The molecule has 1 saturated heterocycles. The number of likely N-dealkylation sites (tertiary alicyclic amines) is 1. The van der Waals surface area contributed by atoms with E-state index >= 15 is 0 Å². The van der Waals surface area contributed by atoms with E-state index in [1.807, 2.05) is 0 Å². The van der Waals surface area contributed by atoms with Crippen molar-refractivity contribution >= 4 is 11.7 Å². The molecule has 0 aromatic carbocycles. The highest BCUT2D eigenvalue weighted by Gasteiger charge is 2.18. The minimum absolute atomic E-state index is 0.248. The van der Waals surface area contributed by atoms with Gasteiger partial charge in [-0.25, -0.2) is 4.79 Å². The van der Waals surface area contributed by atoms with Crippen LogP contribution in [0, 0.1) is 5.92 Å². The van der Waals surface area contributed by atoms with Gasteiger partial charge in [-0.2, -0.15) is 0 Å². The fourth-order valence-corrected chi connectivity index (χ4v) is 2.43. The summed E-state index contributed by atoms with van der Waals surface area (Å²) in [5.74, 6) is 0.779. The molecule has 0 spiro atoms. The number of β-amino-alcohol motifs (C(OH)–C–C–N with tert-alkyl or cyclic N) is 1. The van der Waals surface area contributed by atoms with Crippen LogP contribution in [0.1, 0.15) is 19.8 Å². The first-order chi connectivity index (χ1) is 10.1. The third-order valence-corrected chi connectivity index (χ3v) is 3.76. The van der Waals surface area contributed by atoms with Crippen LogP contribution < -0.4 is 10.6 Å². The van der Waals surface area contributed by atoms with Gasteiger partial charge in [0.25, 0.3) is 0 Å². The number of hydrogen-bond acceptors (Lipinski definition) is 4. The van der Waals surface area contributed by atoms with Gasteiger partial charge in [0, 0.05) is 19.3 Å². The van der Waals surface area contributed by atoms with Crippen LogP contribution in [0.3, 0.4) is 0 Å². The summed E-state index contributed by atoms with van der Waals surface area (Å²) in [6.07, 6.45) is 5.04. The number of nitrogens with one attached hydrogen (secondary N) is 2. The van der Waals surface area contributed by atoms with E-state index in [1.54, 1.807) is 24.5 Å². The number of aliphatic hydroxyl groups excluding tert-OH is 1. The monoisotopic (exact) mass is 292 g/mol. The number of piperidine rings is 1. The van der Waals surface area contributed by atoms with Crippen LogP contribution in [0.15, 0.2) is 24.5 Å². The molecule has 1 aliphatic rings. The number of nitrogens with zero attached hydrogens (tertiary/aromatic N) is 2. The molecule has 1 aliphatic heterocycles. The smallest absolute Gasteiger partial charge is 0.319 e. The molecule has 6 heteroatoms. The lowest BCUT2D eigenvalue weighted by atomic mass is 9.99. The zero-order valence-corrected chi connectivity index (χ0v) is 12.5. The van der Waals surface area contributed by atoms with E-state index in [-0.39, 0.29) is 12.6 Å². The number of carbonyl (C=O) groups excluding carboxylic acids is 1. The Morgan fingerprint density at radius 1 is 1.52 bits per heavy atom. The molecule has 2 amide bonds. The Balaban J connectivity index is 1.64. The molecule has 1 fully saturated rings. The summed E-state index contributed by atoms with van der Waals surface area (Å²) in [6, 6.07) is 3.19. The third-order valence-electron chi connectivity index (χ3n) is 3.76. The van der Waals surface area contributed by atoms with Crippen molar-refractivity contribution in [2.45, 2.75) is 25.9 Å². The van der Waals surface area contributed by atoms with Gasteiger partial charge >= 0.3 is 6.03 Å². The second-order valence-electron chi connectivity index (χ2n) is 5.71. The quantitative estimate of drug-likeness (QED) is 0.764. The van der Waals surface area contributed by atoms with Crippen molar-refractivity contribution in [1.29, 1.82) is 0 Å². The van der Waals surface area contributed by atoms with Gasteiger partial charge in [-0.05, 0) is 44.0 Å². The Labute approximate surface area is 125 Å². The van der Waals surface area contributed by atoms with Crippen molar-refractivity contribution in [1.82, 2.24) is 15.2 Å². The van der Waals surface area contributed by atoms with E-state index in [4.69, 9.17) is 0 Å². The molecule has 2 rings (SSSR count). The standard InChI is InChI=1S/C15H24N4O2/c1-12-4-7-19(8-5-12)11-14(20)10-17-15(21)18-13-3-2-6-16-9-13/h2-3,6,9,12,14,20H,4-5,7-8,10-11H2,1H3,(H2,17,18,21)/t14-/m0/s1. The zero-order valence-electron chi connectivity index (χ0n) is 12.5. The largest absolute Gasteiger partial charge is 0.390 e. The van der Waals surface area contributed by atoms with Crippen molar-refractivity contribution in [2.75, 3.05) is 31.5 Å². The van der Waals surface area contributed by atoms with E-state index in [2.05, 4.69) is 27.4 Å². The number of hydrogen-bond donors (Lipinski definition) is 3. The summed E-state index contributed by atoms with van der Waals surface area (Å²) in [6.45, 7) is 5.18. The molecule has 1 aromatic rings. The van der Waals surface area contributed by atoms with Crippen LogP contribution in [0.5, 0.6) is 0 Å². The molecular formula is C15H24N4O2. The molecule has 0 aliphatic carbocycles. The molecule has 0 radical (unpaired) electrons. The van der Waals surface area contributed by atoms with Crippen molar-refractivity contribution in [3.8, 4) is 0 Å². The maximum atomic E-state index is 11.7. The summed E-state index contributed by atoms with van der Waals surface area (Å²) in [4.78, 5) is 17.9. The molecule has 6 nitrogen and oxygen atoms in total. The average Bonchev–Trinajstić information content (AvgIpc) is 2.49. The summed E-state index contributed by atoms with van der Waals surface area (Å²) in [5, 5.41) is 15.3. The van der Waals surface area contributed by atoms with Crippen molar-refractivity contribution < 1.29 is 9.90 Å². The van der Waals surface area contributed by atoms with Crippen LogP contribution in [-0.2, 0) is 0 Å². The first-order valence-corrected chi connectivity index (χ1v) is 7.49. The highest BCUT2D eigenvalue weighted by Crippen LogP contribution is 2.15. The zero-order chi connectivity index (χ0) is 15.1. The Kier molecular flexibility index (Phi) is 5.95. The van der Waals surface area contributed by atoms with Crippen molar-refractivity contribution in [2.24, 2.45) is 5.92 Å². The number of amides is 2. The van der Waals surface area contributed by atoms with Gasteiger partial charge in [0.05, 0.1) is 18.0 Å². The first kappa shape index (κ1) is 15.7. The van der Waals surface area contributed by atoms with E-state index in [9.17, 15) is 9.90 Å². The topological polar surface area (TPSA) is 77.5 Å². The highest BCUT2D eigenvalue weighted by atomic mass is 16.3. The van der Waals surface area contributed by atoms with E-state index < -0.39 is 6.10 Å². The molecule has 21 heavy (non-hydrogen) atoms. The Hall–Kier alpha value is -1.66. The summed E-state index contributed by atoms with van der Waals surface area (Å²) >= 11 is 0. The van der Waals surface area contributed by atoms with Crippen molar-refractivity contribution in [3.05, 3.63) is 24.5 Å². The summed E-state index contributed by atoms with van der Waals surface area (Å²) in [7, 11) is 0.